The van der Waals surface area contributed by atoms with Crippen LogP contribution < -0.4 is 5.32 Å². The number of hydrogen-bond donors (Lipinski definition) is 2. The van der Waals surface area contributed by atoms with E-state index in [1.807, 2.05) is 13.8 Å². The van der Waals surface area contributed by atoms with Gasteiger partial charge in [0.25, 0.3) is 5.91 Å². The van der Waals surface area contributed by atoms with Gasteiger partial charge in [-0.05, 0) is 12.8 Å². The van der Waals surface area contributed by atoms with Gasteiger partial charge in [-0.3, -0.25) is 9.59 Å². The fraction of sp³-hybridized carbons (Fsp3) is 0.600. The summed E-state index contributed by atoms with van der Waals surface area (Å²) in [5.41, 5.74) is -0.0877. The highest BCUT2D eigenvalue weighted by Gasteiger charge is 2.39. The van der Waals surface area contributed by atoms with Crippen molar-refractivity contribution < 1.29 is 14.7 Å². The Hall–Kier alpha value is -1.32. The molecule has 1 fully saturated rings. The van der Waals surface area contributed by atoms with E-state index in [4.69, 9.17) is 5.11 Å². The summed E-state index contributed by atoms with van der Waals surface area (Å²) < 4.78 is 0. The molecule has 0 aromatic carbocycles. The smallest absolute Gasteiger partial charge is 0.259 e. The molecule has 0 aliphatic carbocycles. The second kappa shape index (κ2) is 3.82. The minimum absolute atomic E-state index is 0.0877. The summed E-state index contributed by atoms with van der Waals surface area (Å²) in [5, 5.41) is 11.7. The molecule has 0 unspecified atom stereocenters. The molecular formula is C10H15NO3. The van der Waals surface area contributed by atoms with E-state index in [0.717, 1.165) is 6.42 Å². The molecule has 0 saturated carbocycles. The van der Waals surface area contributed by atoms with Crippen molar-refractivity contribution in [1.29, 1.82) is 0 Å². The molecule has 1 aliphatic heterocycles. The van der Waals surface area contributed by atoms with E-state index in [-0.39, 0.29) is 23.0 Å². The lowest BCUT2D eigenvalue weighted by Crippen LogP contribution is -2.35. The Bertz CT molecular complexity index is 302. The van der Waals surface area contributed by atoms with E-state index in [9.17, 15) is 9.59 Å². The molecule has 1 rings (SSSR count). The van der Waals surface area contributed by atoms with Gasteiger partial charge in [0.1, 0.15) is 11.3 Å². The quantitative estimate of drug-likeness (QED) is 0.393. The first kappa shape index (κ1) is 10.8. The van der Waals surface area contributed by atoms with Gasteiger partial charge in [-0.25, -0.2) is 0 Å². The van der Waals surface area contributed by atoms with Crippen LogP contribution in [-0.2, 0) is 9.59 Å². The maximum atomic E-state index is 11.7. The second-order valence-electron chi connectivity index (χ2n) is 3.66. The van der Waals surface area contributed by atoms with E-state index >= 15 is 0 Å². The van der Waals surface area contributed by atoms with Gasteiger partial charge in [-0.2, -0.15) is 0 Å². The van der Waals surface area contributed by atoms with E-state index in [1.165, 1.54) is 6.92 Å². The molecule has 78 valence electrons. The predicted octanol–water partition coefficient (Wildman–Crippen LogP) is 0.932. The predicted molar refractivity (Wildman–Crippen MR) is 51.7 cm³/mol. The molecule has 4 heteroatoms. The molecule has 14 heavy (non-hydrogen) atoms. The Morgan fingerprint density at radius 3 is 2.50 bits per heavy atom. The molecule has 0 spiro atoms. The number of aliphatic hydroxyl groups is 1. The first-order chi connectivity index (χ1) is 6.49. The molecule has 2 N–H and O–H groups in total. The van der Waals surface area contributed by atoms with Crippen molar-refractivity contribution in [1.82, 2.24) is 5.32 Å². The van der Waals surface area contributed by atoms with Crippen LogP contribution in [0.3, 0.4) is 0 Å². The standard InChI is InChI=1S/C10H15NO3/c1-4-5(2)8-9(13)7(6(3)12)10(14)11-8/h5,8,12H,4H2,1-3H3,(H,11,14)/b7-6+/t5-,8-/m0/s1. The van der Waals surface area contributed by atoms with Crippen molar-refractivity contribution >= 4 is 11.7 Å². The molecule has 1 aliphatic rings. The largest absolute Gasteiger partial charge is 0.512 e. The van der Waals surface area contributed by atoms with Gasteiger partial charge in [0.15, 0.2) is 5.78 Å². The summed E-state index contributed by atoms with van der Waals surface area (Å²) in [4.78, 5) is 23.0. The molecule has 0 bridgehead atoms. The third kappa shape index (κ3) is 1.64. The van der Waals surface area contributed by atoms with Crippen molar-refractivity contribution in [3.8, 4) is 0 Å². The number of rotatable bonds is 2. The van der Waals surface area contributed by atoms with Crippen molar-refractivity contribution in [2.75, 3.05) is 0 Å². The Kier molecular flexibility index (Phi) is 2.93. The molecule has 0 aromatic heterocycles. The first-order valence-electron chi connectivity index (χ1n) is 4.74. The third-order valence-corrected chi connectivity index (χ3v) is 2.62. The van der Waals surface area contributed by atoms with Crippen LogP contribution in [0.5, 0.6) is 0 Å². The summed E-state index contributed by atoms with van der Waals surface area (Å²) in [6, 6.07) is -0.468. The van der Waals surface area contributed by atoms with Crippen molar-refractivity contribution in [3.63, 3.8) is 0 Å². The average molecular weight is 197 g/mol. The van der Waals surface area contributed by atoms with Crippen LogP contribution in [0.1, 0.15) is 27.2 Å². The number of nitrogens with one attached hydrogen (secondary N) is 1. The fourth-order valence-corrected chi connectivity index (χ4v) is 1.53. The number of ketones is 1. The van der Waals surface area contributed by atoms with E-state index in [1.54, 1.807) is 0 Å². The zero-order valence-corrected chi connectivity index (χ0v) is 8.63. The Labute approximate surface area is 83.0 Å². The summed E-state index contributed by atoms with van der Waals surface area (Å²) in [5.74, 6) is -0.841. The third-order valence-electron chi connectivity index (χ3n) is 2.62. The van der Waals surface area contributed by atoms with E-state index in [0.29, 0.717) is 0 Å². The van der Waals surface area contributed by atoms with Crippen LogP contribution in [0.25, 0.3) is 0 Å². The summed E-state index contributed by atoms with van der Waals surface area (Å²) in [6.07, 6.45) is 0.814. The molecule has 2 atom stereocenters. The Balaban J connectivity index is 2.97. The lowest BCUT2D eigenvalue weighted by atomic mass is 9.95. The monoisotopic (exact) mass is 197 g/mol. The van der Waals surface area contributed by atoms with Crippen LogP contribution >= 0.6 is 0 Å². The maximum Gasteiger partial charge on any atom is 0.259 e. The second-order valence-corrected chi connectivity index (χ2v) is 3.66. The molecular weight excluding hydrogens is 182 g/mol. The molecule has 4 nitrogen and oxygen atoms in total. The van der Waals surface area contributed by atoms with Crippen LogP contribution in [-0.4, -0.2) is 22.8 Å². The topological polar surface area (TPSA) is 66.4 Å². The van der Waals surface area contributed by atoms with Crippen LogP contribution in [0, 0.1) is 5.92 Å². The van der Waals surface area contributed by atoms with Crippen molar-refractivity contribution in [2.24, 2.45) is 5.92 Å². The lowest BCUT2D eigenvalue weighted by molar-refractivity contribution is -0.117. The van der Waals surface area contributed by atoms with Gasteiger partial charge in [-0.15, -0.1) is 0 Å². The number of aliphatic hydroxyl groups excluding tert-OH is 1. The summed E-state index contributed by atoms with van der Waals surface area (Å²) in [6.45, 7) is 5.21. The molecule has 0 aromatic rings. The molecule has 1 amide bonds. The SMILES string of the molecule is CC[C@H](C)[C@@H]1NC(=O)/C(=C(\C)O)C1=O. The first-order valence-corrected chi connectivity index (χ1v) is 4.74. The number of carbonyl (C=O) groups excluding carboxylic acids is 2. The normalized spacial score (nSPS) is 27.5. The van der Waals surface area contributed by atoms with E-state index < -0.39 is 11.9 Å². The Morgan fingerprint density at radius 1 is 1.57 bits per heavy atom. The number of amides is 1. The van der Waals surface area contributed by atoms with Gasteiger partial charge < -0.3 is 10.4 Å². The average Bonchev–Trinajstić information content (AvgIpc) is 2.40. The number of carbonyl (C=O) groups is 2. The summed E-state index contributed by atoms with van der Waals surface area (Å²) in [7, 11) is 0. The highest BCUT2D eigenvalue weighted by molar-refractivity contribution is 6.26. The summed E-state index contributed by atoms with van der Waals surface area (Å²) >= 11 is 0. The zero-order valence-electron chi connectivity index (χ0n) is 8.63. The maximum absolute atomic E-state index is 11.7. The Morgan fingerprint density at radius 2 is 2.14 bits per heavy atom. The highest BCUT2D eigenvalue weighted by Crippen LogP contribution is 2.20. The lowest BCUT2D eigenvalue weighted by Gasteiger charge is -2.14. The molecule has 1 saturated heterocycles. The van der Waals surface area contributed by atoms with Crippen molar-refractivity contribution in [2.45, 2.75) is 33.2 Å². The van der Waals surface area contributed by atoms with Gasteiger partial charge in [0.2, 0.25) is 0 Å². The number of hydrogen-bond acceptors (Lipinski definition) is 3. The van der Waals surface area contributed by atoms with E-state index in [2.05, 4.69) is 5.32 Å². The zero-order chi connectivity index (χ0) is 10.9. The number of Topliss-reactive ketones (excluding diaryl/α,β-unsaturated/α-hetero) is 1. The van der Waals surface area contributed by atoms with Crippen LogP contribution in [0.2, 0.25) is 0 Å². The fourth-order valence-electron chi connectivity index (χ4n) is 1.53. The molecule has 0 radical (unpaired) electrons. The molecule has 1 heterocycles. The van der Waals surface area contributed by atoms with Gasteiger partial charge in [0, 0.05) is 0 Å². The number of allylic oxidation sites excluding steroid dienone is 1. The van der Waals surface area contributed by atoms with Gasteiger partial charge in [-0.1, -0.05) is 20.3 Å². The minimum Gasteiger partial charge on any atom is -0.512 e. The van der Waals surface area contributed by atoms with Crippen molar-refractivity contribution in [3.05, 3.63) is 11.3 Å². The van der Waals surface area contributed by atoms with Gasteiger partial charge >= 0.3 is 0 Å². The highest BCUT2D eigenvalue weighted by atomic mass is 16.3. The minimum atomic E-state index is -0.468. The van der Waals surface area contributed by atoms with Crippen LogP contribution in [0.15, 0.2) is 11.3 Å². The van der Waals surface area contributed by atoms with Crippen LogP contribution in [0.4, 0.5) is 0 Å². The van der Waals surface area contributed by atoms with Gasteiger partial charge in [0.05, 0.1) is 6.04 Å².